The first-order valence-electron chi connectivity index (χ1n) is 6.81. The number of aromatic nitrogens is 2. The van der Waals surface area contributed by atoms with E-state index in [4.69, 9.17) is 16.9 Å². The number of ether oxygens (including phenoxy) is 1. The average Bonchev–Trinajstić information content (AvgIpc) is 2.48. The first kappa shape index (κ1) is 18.5. The van der Waals surface area contributed by atoms with Gasteiger partial charge in [-0.2, -0.15) is 18.4 Å². The van der Waals surface area contributed by atoms with Crippen LogP contribution < -0.4 is 4.90 Å². The lowest BCUT2D eigenvalue weighted by Crippen LogP contribution is -2.34. The predicted octanol–water partition coefficient (Wildman–Crippen LogP) is 3.55. The Hall–Kier alpha value is -0.860. The molecule has 0 aromatic carbocycles. The summed E-state index contributed by atoms with van der Waals surface area (Å²) in [5, 5.41) is 9.11. The van der Waals surface area contributed by atoms with Crippen LogP contribution in [0.1, 0.15) is 18.5 Å². The zero-order valence-electron chi connectivity index (χ0n) is 11.9. The second kappa shape index (κ2) is 7.81. The third kappa shape index (κ3) is 5.32. The van der Waals surface area contributed by atoms with Crippen LogP contribution in [-0.2, 0) is 11.3 Å². The topological polar surface area (TPSA) is 62.0 Å². The number of halogens is 5. The monoisotopic (exact) mass is 460 g/mol. The molecule has 0 saturated carbocycles. The molecule has 1 aromatic rings. The molecule has 0 aliphatic carbocycles. The molecular formula is C13H13ClF3IN4O. The molecule has 5 nitrogen and oxygen atoms in total. The van der Waals surface area contributed by atoms with E-state index in [0.717, 1.165) is 0 Å². The second-order valence-electron chi connectivity index (χ2n) is 5.07. The van der Waals surface area contributed by atoms with Crippen molar-refractivity contribution in [1.82, 2.24) is 9.97 Å². The molecule has 0 bridgehead atoms. The summed E-state index contributed by atoms with van der Waals surface area (Å²) in [6.07, 6.45) is -2.99. The van der Waals surface area contributed by atoms with Crippen LogP contribution in [-0.4, -0.2) is 35.8 Å². The minimum atomic E-state index is -4.38. The van der Waals surface area contributed by atoms with Crippen molar-refractivity contribution >= 4 is 40.0 Å². The summed E-state index contributed by atoms with van der Waals surface area (Å²) in [4.78, 5) is 10.3. The molecule has 0 N–H and O–H groups in total. The first-order chi connectivity index (χ1) is 10.8. The van der Waals surface area contributed by atoms with Gasteiger partial charge in [0.25, 0.3) is 0 Å². The number of rotatable bonds is 4. The van der Waals surface area contributed by atoms with Crippen molar-refractivity contribution in [2.75, 3.05) is 24.6 Å². The van der Waals surface area contributed by atoms with Crippen LogP contribution in [0.5, 0.6) is 0 Å². The maximum Gasteiger partial charge on any atom is 0.411 e. The zero-order valence-corrected chi connectivity index (χ0v) is 14.8. The minimum absolute atomic E-state index is 0.0106. The van der Waals surface area contributed by atoms with Crippen molar-refractivity contribution < 1.29 is 17.9 Å². The smallest absolute Gasteiger partial charge is 0.366 e. The molecule has 10 heteroatoms. The highest BCUT2D eigenvalue weighted by atomic mass is 127. The van der Waals surface area contributed by atoms with Crippen molar-refractivity contribution in [3.63, 3.8) is 0 Å². The van der Waals surface area contributed by atoms with E-state index in [0.29, 0.717) is 41.1 Å². The molecule has 1 aromatic heterocycles. The van der Waals surface area contributed by atoms with Crippen molar-refractivity contribution in [2.24, 2.45) is 5.92 Å². The first-order valence-corrected chi connectivity index (χ1v) is 8.27. The van der Waals surface area contributed by atoms with Gasteiger partial charge >= 0.3 is 6.18 Å². The van der Waals surface area contributed by atoms with E-state index in [-0.39, 0.29) is 17.7 Å². The molecule has 0 spiro atoms. The van der Waals surface area contributed by atoms with Gasteiger partial charge in [-0.1, -0.05) is 11.6 Å². The van der Waals surface area contributed by atoms with Crippen LogP contribution in [0.4, 0.5) is 19.0 Å². The van der Waals surface area contributed by atoms with Crippen LogP contribution in [0.2, 0.25) is 5.15 Å². The molecule has 2 rings (SSSR count). The lowest BCUT2D eigenvalue weighted by molar-refractivity contribution is -0.176. The number of hydrogen-bond donors (Lipinski definition) is 0. The van der Waals surface area contributed by atoms with Crippen LogP contribution in [0.3, 0.4) is 0 Å². The third-order valence-corrected chi connectivity index (χ3v) is 4.46. The normalized spacial score (nSPS) is 16.4. The van der Waals surface area contributed by atoms with Gasteiger partial charge in [0, 0.05) is 19.0 Å². The Morgan fingerprint density at radius 1 is 1.35 bits per heavy atom. The maximum atomic E-state index is 12.1. The predicted molar refractivity (Wildman–Crippen MR) is 86.0 cm³/mol. The Morgan fingerprint density at radius 2 is 2.00 bits per heavy atom. The summed E-state index contributed by atoms with van der Waals surface area (Å²) in [6.45, 7) is -0.411. The molecule has 1 aliphatic rings. The molecule has 1 fully saturated rings. The largest absolute Gasteiger partial charge is 0.411 e. The van der Waals surface area contributed by atoms with E-state index in [1.807, 2.05) is 27.5 Å². The van der Waals surface area contributed by atoms with Crippen molar-refractivity contribution in [3.05, 3.63) is 14.5 Å². The van der Waals surface area contributed by atoms with E-state index >= 15 is 0 Å². The highest BCUT2D eigenvalue weighted by Crippen LogP contribution is 2.28. The Bertz CT molecular complexity index is 600. The highest BCUT2D eigenvalue weighted by Gasteiger charge is 2.28. The van der Waals surface area contributed by atoms with Crippen LogP contribution in [0, 0.1) is 20.9 Å². The van der Waals surface area contributed by atoms with E-state index < -0.39 is 12.8 Å². The number of nitriles is 1. The Balaban J connectivity index is 2.09. The van der Waals surface area contributed by atoms with Gasteiger partial charge < -0.3 is 9.64 Å². The summed E-state index contributed by atoms with van der Waals surface area (Å²) in [6, 6.07) is 2.23. The summed E-state index contributed by atoms with van der Waals surface area (Å²) in [5.74, 6) is 0.436. The van der Waals surface area contributed by atoms with Crippen molar-refractivity contribution in [1.29, 1.82) is 5.26 Å². The molecule has 23 heavy (non-hydrogen) atoms. The Kier molecular flexibility index (Phi) is 6.27. The quantitative estimate of drug-likeness (QED) is 0.643. The summed E-state index contributed by atoms with van der Waals surface area (Å²) >= 11 is 7.97. The number of hydrogen-bond acceptors (Lipinski definition) is 5. The van der Waals surface area contributed by atoms with Gasteiger partial charge in [0.2, 0.25) is 0 Å². The third-order valence-electron chi connectivity index (χ3n) is 3.34. The standard InChI is InChI=1S/C13H13ClF3IN4O/c14-10-12(22-3-1-8(5-19)2-4-22)20-9(11(18)21-10)6-23-7-13(15,16)17/h8H,1-4,6-7H2. The SMILES string of the molecule is N#CC1CCN(c2nc(COCC(F)(F)F)c(I)nc2Cl)CC1. The molecule has 126 valence electrons. The van der Waals surface area contributed by atoms with Crippen LogP contribution >= 0.6 is 34.2 Å². The van der Waals surface area contributed by atoms with Gasteiger partial charge in [0.05, 0.1) is 12.7 Å². The summed E-state index contributed by atoms with van der Waals surface area (Å²) < 4.78 is 41.5. The van der Waals surface area contributed by atoms with Gasteiger partial charge in [-0.05, 0) is 35.4 Å². The second-order valence-corrected chi connectivity index (χ2v) is 6.45. The Labute approximate surface area is 149 Å². The van der Waals surface area contributed by atoms with Crippen molar-refractivity contribution in [3.8, 4) is 6.07 Å². The number of anilines is 1. The van der Waals surface area contributed by atoms with Gasteiger partial charge in [0.1, 0.15) is 16.0 Å². The van der Waals surface area contributed by atoms with E-state index in [2.05, 4.69) is 20.8 Å². The molecular weight excluding hydrogens is 448 g/mol. The minimum Gasteiger partial charge on any atom is -0.366 e. The van der Waals surface area contributed by atoms with Crippen LogP contribution in [0.15, 0.2) is 0 Å². The van der Waals surface area contributed by atoms with Gasteiger partial charge in [-0.25, -0.2) is 9.97 Å². The molecule has 0 unspecified atom stereocenters. The molecule has 1 saturated heterocycles. The lowest BCUT2D eigenvalue weighted by Gasteiger charge is -2.30. The number of piperidine rings is 1. The fraction of sp³-hybridized carbons (Fsp3) is 0.615. The molecule has 0 radical (unpaired) electrons. The average molecular weight is 461 g/mol. The lowest BCUT2D eigenvalue weighted by atomic mass is 9.99. The Morgan fingerprint density at radius 3 is 2.57 bits per heavy atom. The van der Waals surface area contributed by atoms with E-state index in [9.17, 15) is 13.2 Å². The van der Waals surface area contributed by atoms with Gasteiger partial charge in [-0.15, -0.1) is 0 Å². The summed E-state index contributed by atoms with van der Waals surface area (Å²) in [7, 11) is 0. The number of alkyl halides is 3. The van der Waals surface area contributed by atoms with Crippen LogP contribution in [0.25, 0.3) is 0 Å². The molecule has 0 amide bonds. The van der Waals surface area contributed by atoms with Crippen molar-refractivity contribution in [2.45, 2.75) is 25.6 Å². The summed E-state index contributed by atoms with van der Waals surface area (Å²) in [5.41, 5.74) is 0.316. The van der Waals surface area contributed by atoms with Gasteiger partial charge in [0.15, 0.2) is 11.0 Å². The molecule has 0 atom stereocenters. The number of nitrogens with zero attached hydrogens (tertiary/aromatic N) is 4. The molecule has 2 heterocycles. The van der Waals surface area contributed by atoms with E-state index in [1.165, 1.54) is 0 Å². The van der Waals surface area contributed by atoms with E-state index in [1.54, 1.807) is 0 Å². The maximum absolute atomic E-state index is 12.1. The molecule has 1 aliphatic heterocycles. The van der Waals surface area contributed by atoms with Gasteiger partial charge in [-0.3, -0.25) is 0 Å². The fourth-order valence-corrected chi connectivity index (χ4v) is 3.10. The fourth-order valence-electron chi connectivity index (χ4n) is 2.20. The zero-order chi connectivity index (χ0) is 17.0. The highest BCUT2D eigenvalue weighted by molar-refractivity contribution is 14.1.